The minimum Gasteiger partial charge on any atom is -0.372 e. The Morgan fingerprint density at radius 3 is 1.84 bits per heavy atom. The van der Waals surface area contributed by atoms with Crippen LogP contribution in [0.3, 0.4) is 0 Å². The summed E-state index contributed by atoms with van der Waals surface area (Å²) in [5, 5.41) is 0. The first kappa shape index (κ1) is 26.3. The highest BCUT2D eigenvalue weighted by Crippen LogP contribution is 2.27. The SMILES string of the molecule is CCN(CC)c1ccc(C(/C=C/N(C(C)Cl)C(C)Cl)=C2C=CC(=[N+](CC)CC)C=C2)cc1. The highest BCUT2D eigenvalue weighted by Gasteiger charge is 2.15. The topological polar surface area (TPSA) is 9.49 Å². The summed E-state index contributed by atoms with van der Waals surface area (Å²) in [7, 11) is 0. The number of benzene rings is 1. The van der Waals surface area contributed by atoms with E-state index in [0.29, 0.717) is 0 Å². The van der Waals surface area contributed by atoms with Crippen molar-refractivity contribution < 1.29 is 4.58 Å². The predicted octanol–water partition coefficient (Wildman–Crippen LogP) is 6.89. The lowest BCUT2D eigenvalue weighted by Gasteiger charge is -2.26. The van der Waals surface area contributed by atoms with Crippen molar-refractivity contribution in [3.8, 4) is 0 Å². The fourth-order valence-corrected chi connectivity index (χ4v) is 4.45. The van der Waals surface area contributed by atoms with Crippen molar-refractivity contribution in [1.29, 1.82) is 0 Å². The standard InChI is InChI=1S/C27H38Cl2N3/c1-7-30(8-2)25-15-11-23(12-16-25)27(19-20-32(21(5)28)22(6)29)24-13-17-26(18-14-24)31(9-3)10-4/h11-22H,7-10H2,1-6H3/q+1. The summed E-state index contributed by atoms with van der Waals surface area (Å²) in [4.78, 5) is 4.29. The molecule has 32 heavy (non-hydrogen) atoms. The number of rotatable bonds is 10. The van der Waals surface area contributed by atoms with Crippen molar-refractivity contribution in [2.75, 3.05) is 31.1 Å². The van der Waals surface area contributed by atoms with E-state index in [-0.39, 0.29) is 11.0 Å². The molecule has 1 aromatic rings. The fraction of sp³-hybridized carbons (Fsp3) is 0.444. The number of anilines is 1. The zero-order valence-corrected chi connectivity index (χ0v) is 21.9. The van der Waals surface area contributed by atoms with Gasteiger partial charge in [0.2, 0.25) is 0 Å². The van der Waals surface area contributed by atoms with E-state index in [1.165, 1.54) is 11.4 Å². The maximum atomic E-state index is 6.36. The highest BCUT2D eigenvalue weighted by atomic mass is 35.5. The Morgan fingerprint density at radius 1 is 0.875 bits per heavy atom. The van der Waals surface area contributed by atoms with Crippen molar-refractivity contribution >= 4 is 40.2 Å². The van der Waals surface area contributed by atoms with Crippen LogP contribution in [0.15, 0.2) is 66.4 Å². The normalized spacial score (nSPS) is 15.2. The molecule has 174 valence electrons. The van der Waals surface area contributed by atoms with Gasteiger partial charge in [-0.15, -0.1) is 0 Å². The molecule has 1 aromatic carbocycles. The third-order valence-electron chi connectivity index (χ3n) is 5.85. The molecule has 0 bridgehead atoms. The molecule has 3 nitrogen and oxygen atoms in total. The van der Waals surface area contributed by atoms with Crippen LogP contribution in [-0.4, -0.2) is 52.4 Å². The molecule has 0 radical (unpaired) electrons. The van der Waals surface area contributed by atoms with Gasteiger partial charge in [0, 0.05) is 37.1 Å². The lowest BCUT2D eigenvalue weighted by molar-refractivity contribution is -0.519. The van der Waals surface area contributed by atoms with Gasteiger partial charge in [0.05, 0.1) is 0 Å². The average molecular weight is 476 g/mol. The van der Waals surface area contributed by atoms with Gasteiger partial charge in [0.25, 0.3) is 0 Å². The van der Waals surface area contributed by atoms with Crippen LogP contribution in [0, 0.1) is 0 Å². The minimum atomic E-state index is -0.199. The fourth-order valence-electron chi connectivity index (χ4n) is 3.92. The van der Waals surface area contributed by atoms with Gasteiger partial charge in [0.1, 0.15) is 24.1 Å². The van der Waals surface area contributed by atoms with Crippen LogP contribution < -0.4 is 4.90 Å². The van der Waals surface area contributed by atoms with Crippen molar-refractivity contribution in [1.82, 2.24) is 4.90 Å². The first-order valence-electron chi connectivity index (χ1n) is 11.7. The maximum absolute atomic E-state index is 6.36. The summed E-state index contributed by atoms with van der Waals surface area (Å²) in [5.74, 6) is 0. The highest BCUT2D eigenvalue weighted by molar-refractivity contribution is 6.22. The number of hydrogen-bond acceptors (Lipinski definition) is 2. The summed E-state index contributed by atoms with van der Waals surface area (Å²) < 4.78 is 2.35. The van der Waals surface area contributed by atoms with Crippen LogP contribution >= 0.6 is 23.2 Å². The molecule has 0 N–H and O–H groups in total. The van der Waals surface area contributed by atoms with Crippen molar-refractivity contribution in [2.45, 2.75) is 52.5 Å². The third-order valence-corrected chi connectivity index (χ3v) is 6.30. The average Bonchev–Trinajstić information content (AvgIpc) is 2.79. The monoisotopic (exact) mass is 474 g/mol. The van der Waals surface area contributed by atoms with E-state index in [2.05, 4.69) is 91.8 Å². The van der Waals surface area contributed by atoms with Crippen LogP contribution in [0.25, 0.3) is 5.57 Å². The second kappa shape index (κ2) is 12.9. The van der Waals surface area contributed by atoms with Crippen molar-refractivity contribution in [3.63, 3.8) is 0 Å². The molecule has 2 unspecified atom stereocenters. The van der Waals surface area contributed by atoms with Crippen LogP contribution in [0.4, 0.5) is 5.69 Å². The van der Waals surface area contributed by atoms with E-state index in [1.54, 1.807) is 0 Å². The van der Waals surface area contributed by atoms with E-state index in [4.69, 9.17) is 23.2 Å². The number of nitrogens with zero attached hydrogens (tertiary/aromatic N) is 3. The van der Waals surface area contributed by atoms with Crippen LogP contribution in [0.1, 0.15) is 47.1 Å². The van der Waals surface area contributed by atoms with E-state index < -0.39 is 0 Å². The molecule has 2 rings (SSSR count). The largest absolute Gasteiger partial charge is 0.372 e. The number of halogens is 2. The number of alkyl halides is 2. The van der Waals surface area contributed by atoms with E-state index >= 15 is 0 Å². The summed E-state index contributed by atoms with van der Waals surface area (Å²) in [6.45, 7) is 16.6. The Bertz CT molecular complexity index is 854. The molecular formula is C27H38Cl2N3+. The molecule has 0 fully saturated rings. The Balaban J connectivity index is 2.52. The summed E-state index contributed by atoms with van der Waals surface area (Å²) in [5.41, 5.74) is 5.55. The molecule has 1 aliphatic carbocycles. The molecule has 0 amide bonds. The smallest absolute Gasteiger partial charge is 0.199 e. The lowest BCUT2D eigenvalue weighted by Crippen LogP contribution is -2.28. The van der Waals surface area contributed by atoms with Gasteiger partial charge >= 0.3 is 0 Å². The summed E-state index contributed by atoms with van der Waals surface area (Å²) in [6.07, 6.45) is 12.9. The van der Waals surface area contributed by atoms with E-state index in [1.807, 2.05) is 24.9 Å². The lowest BCUT2D eigenvalue weighted by atomic mass is 9.95. The van der Waals surface area contributed by atoms with E-state index in [9.17, 15) is 0 Å². The van der Waals surface area contributed by atoms with Crippen LogP contribution in [-0.2, 0) is 0 Å². The third kappa shape index (κ3) is 6.76. The maximum Gasteiger partial charge on any atom is 0.199 e. The summed E-state index contributed by atoms with van der Waals surface area (Å²) >= 11 is 12.7. The molecule has 0 aromatic heterocycles. The molecule has 2 atom stereocenters. The Hall–Kier alpha value is -1.97. The van der Waals surface area contributed by atoms with Crippen LogP contribution in [0.5, 0.6) is 0 Å². The Morgan fingerprint density at radius 2 is 1.41 bits per heavy atom. The summed E-state index contributed by atoms with van der Waals surface area (Å²) in [6, 6.07) is 8.80. The molecule has 0 heterocycles. The van der Waals surface area contributed by atoms with Crippen molar-refractivity contribution in [3.05, 3.63) is 72.0 Å². The zero-order chi connectivity index (χ0) is 23.7. The van der Waals surface area contributed by atoms with Gasteiger partial charge in [-0.3, -0.25) is 0 Å². The second-order valence-corrected chi connectivity index (χ2v) is 9.03. The van der Waals surface area contributed by atoms with Crippen molar-refractivity contribution in [2.24, 2.45) is 0 Å². The van der Waals surface area contributed by atoms with E-state index in [0.717, 1.165) is 42.9 Å². The first-order valence-corrected chi connectivity index (χ1v) is 12.5. The molecule has 0 saturated carbocycles. The second-order valence-electron chi connectivity index (χ2n) is 7.76. The molecule has 0 saturated heterocycles. The Kier molecular flexibility index (Phi) is 10.6. The molecule has 0 aliphatic heterocycles. The van der Waals surface area contributed by atoms with Gasteiger partial charge in [-0.25, -0.2) is 4.58 Å². The zero-order valence-electron chi connectivity index (χ0n) is 20.4. The number of allylic oxidation sites excluding steroid dienone is 7. The molecule has 1 aliphatic rings. The van der Waals surface area contributed by atoms with Crippen LogP contribution in [0.2, 0.25) is 0 Å². The van der Waals surface area contributed by atoms with Gasteiger partial charge in [0.15, 0.2) is 5.71 Å². The molecule has 0 spiro atoms. The number of hydrogen-bond donors (Lipinski definition) is 0. The molecular weight excluding hydrogens is 437 g/mol. The minimum absolute atomic E-state index is 0.199. The van der Waals surface area contributed by atoms with Gasteiger partial charge in [-0.05, 0) is 88.6 Å². The van der Waals surface area contributed by atoms with Gasteiger partial charge in [-0.2, -0.15) is 0 Å². The van der Waals surface area contributed by atoms with Gasteiger partial charge < -0.3 is 9.80 Å². The first-order chi connectivity index (χ1) is 15.4. The quantitative estimate of drug-likeness (QED) is 0.207. The molecule has 5 heteroatoms. The Labute approximate surface area is 205 Å². The predicted molar refractivity (Wildman–Crippen MR) is 143 cm³/mol. The van der Waals surface area contributed by atoms with Gasteiger partial charge in [-0.1, -0.05) is 35.3 Å².